The minimum Gasteiger partial charge on any atom is -0.588 e. The van der Waals surface area contributed by atoms with E-state index in [1.54, 1.807) is 16.0 Å². The lowest BCUT2D eigenvalue weighted by Crippen LogP contribution is -2.30. The SMILES string of the molecule is Cc1nn(C)c(C)c1N(C)[S+]([O-])c1c(Cl)cc(CCCC2CCN(C)CC2)cc1Cl. The molecule has 2 aromatic rings. The first-order valence-corrected chi connectivity index (χ1v) is 12.4. The van der Waals surface area contributed by atoms with Crippen molar-refractivity contribution >= 4 is 40.3 Å². The number of likely N-dealkylation sites (tertiary alicyclic amines) is 1. The topological polar surface area (TPSA) is 47.4 Å². The largest absolute Gasteiger partial charge is 0.588 e. The van der Waals surface area contributed by atoms with E-state index in [-0.39, 0.29) is 0 Å². The van der Waals surface area contributed by atoms with Gasteiger partial charge < -0.3 is 9.45 Å². The van der Waals surface area contributed by atoms with Crippen LogP contribution in [0.4, 0.5) is 5.69 Å². The number of benzene rings is 1. The summed E-state index contributed by atoms with van der Waals surface area (Å²) in [6.07, 6.45) is 5.87. The zero-order valence-electron chi connectivity index (χ0n) is 18.5. The van der Waals surface area contributed by atoms with Gasteiger partial charge in [0.15, 0.2) is 0 Å². The molecule has 2 heterocycles. The molecule has 0 bridgehead atoms. The molecule has 1 fully saturated rings. The van der Waals surface area contributed by atoms with Crippen LogP contribution in [0.2, 0.25) is 10.0 Å². The first-order valence-electron chi connectivity index (χ1n) is 10.5. The van der Waals surface area contributed by atoms with Crippen LogP contribution in [0.25, 0.3) is 0 Å². The summed E-state index contributed by atoms with van der Waals surface area (Å²) in [5.74, 6) is 0.818. The Kier molecular flexibility index (Phi) is 8.02. The van der Waals surface area contributed by atoms with Crippen LogP contribution in [0.1, 0.15) is 42.6 Å². The second-order valence-corrected chi connectivity index (χ2v) is 10.7. The summed E-state index contributed by atoms with van der Waals surface area (Å²) in [6, 6.07) is 3.85. The highest BCUT2D eigenvalue weighted by atomic mass is 35.5. The second-order valence-electron chi connectivity index (χ2n) is 8.42. The number of hydrogen-bond acceptors (Lipinski definition) is 4. The average molecular weight is 471 g/mol. The lowest BCUT2D eigenvalue weighted by atomic mass is 9.91. The average Bonchev–Trinajstić information content (AvgIpc) is 2.94. The smallest absolute Gasteiger partial charge is 0.217 e. The molecule has 0 amide bonds. The zero-order chi connectivity index (χ0) is 22.0. The predicted octanol–water partition coefficient (Wildman–Crippen LogP) is 5.17. The molecule has 8 heteroatoms. The maximum absolute atomic E-state index is 13.3. The van der Waals surface area contributed by atoms with Gasteiger partial charge in [-0.1, -0.05) is 29.6 Å². The minimum absolute atomic E-state index is 0.459. The van der Waals surface area contributed by atoms with Gasteiger partial charge in [0.1, 0.15) is 27.1 Å². The van der Waals surface area contributed by atoms with Crippen molar-refractivity contribution in [1.82, 2.24) is 14.7 Å². The molecule has 30 heavy (non-hydrogen) atoms. The van der Waals surface area contributed by atoms with Gasteiger partial charge in [0.05, 0.1) is 18.4 Å². The molecule has 1 unspecified atom stereocenters. The van der Waals surface area contributed by atoms with E-state index in [0.717, 1.165) is 41.4 Å². The van der Waals surface area contributed by atoms with Crippen LogP contribution in [0, 0.1) is 19.8 Å². The van der Waals surface area contributed by atoms with Crippen molar-refractivity contribution in [2.45, 2.75) is 50.8 Å². The number of hydrogen-bond donors (Lipinski definition) is 0. The van der Waals surface area contributed by atoms with E-state index in [1.807, 2.05) is 33.0 Å². The van der Waals surface area contributed by atoms with Crippen LogP contribution in [0.5, 0.6) is 0 Å². The third-order valence-electron chi connectivity index (χ3n) is 6.18. The number of aryl methyl sites for hydroxylation is 3. The van der Waals surface area contributed by atoms with E-state index in [2.05, 4.69) is 17.0 Å². The summed E-state index contributed by atoms with van der Waals surface area (Å²) < 4.78 is 16.8. The number of aromatic nitrogens is 2. The van der Waals surface area contributed by atoms with E-state index >= 15 is 0 Å². The normalized spacial score (nSPS) is 16.8. The molecule has 1 atom stereocenters. The third-order valence-corrected chi connectivity index (χ3v) is 8.47. The molecule has 0 spiro atoms. The van der Waals surface area contributed by atoms with Gasteiger partial charge in [0, 0.05) is 7.05 Å². The summed E-state index contributed by atoms with van der Waals surface area (Å²) in [5, 5.41) is 5.33. The van der Waals surface area contributed by atoms with Crippen LogP contribution >= 0.6 is 23.2 Å². The van der Waals surface area contributed by atoms with E-state index < -0.39 is 11.4 Å². The third kappa shape index (κ3) is 5.28. The highest BCUT2D eigenvalue weighted by molar-refractivity contribution is 7.93. The molecule has 1 aromatic heterocycles. The highest BCUT2D eigenvalue weighted by Gasteiger charge is 2.30. The Morgan fingerprint density at radius 1 is 1.17 bits per heavy atom. The van der Waals surface area contributed by atoms with E-state index in [0.29, 0.717) is 14.9 Å². The summed E-state index contributed by atoms with van der Waals surface area (Å²) in [5.41, 5.74) is 3.71. The number of nitrogens with zero attached hydrogens (tertiary/aromatic N) is 4. The fraction of sp³-hybridized carbons (Fsp3) is 0.591. The van der Waals surface area contributed by atoms with Gasteiger partial charge in [0.25, 0.3) is 0 Å². The van der Waals surface area contributed by atoms with Crippen molar-refractivity contribution < 1.29 is 4.55 Å². The molecule has 5 nitrogen and oxygen atoms in total. The Bertz CT molecular complexity index is 857. The van der Waals surface area contributed by atoms with Gasteiger partial charge in [-0.25, -0.2) is 0 Å². The molecule has 166 valence electrons. The van der Waals surface area contributed by atoms with Crippen molar-refractivity contribution in [3.8, 4) is 0 Å². The minimum atomic E-state index is -1.52. The fourth-order valence-corrected chi connectivity index (χ4v) is 6.39. The maximum atomic E-state index is 13.3. The molecule has 1 saturated heterocycles. The second kappa shape index (κ2) is 10.1. The molecule has 1 aliphatic heterocycles. The maximum Gasteiger partial charge on any atom is 0.217 e. The molecule has 1 aromatic carbocycles. The van der Waals surface area contributed by atoms with Crippen molar-refractivity contribution in [3.63, 3.8) is 0 Å². The highest BCUT2D eigenvalue weighted by Crippen LogP contribution is 2.36. The number of piperidine rings is 1. The Hall–Kier alpha value is -0.920. The Balaban J connectivity index is 1.68. The summed E-state index contributed by atoms with van der Waals surface area (Å²) in [7, 11) is 5.86. The number of anilines is 1. The van der Waals surface area contributed by atoms with Crippen LogP contribution in [-0.2, 0) is 24.8 Å². The van der Waals surface area contributed by atoms with Crippen molar-refractivity contribution in [2.24, 2.45) is 13.0 Å². The standard InChI is InChI=1S/C22H32Cl2N4OS/c1-15-21(16(2)27(4)25-15)28(5)30(29)22-19(23)13-18(14-20(22)24)8-6-7-17-9-11-26(3)12-10-17/h13-14,17H,6-12H2,1-5H3. The van der Waals surface area contributed by atoms with Crippen molar-refractivity contribution in [1.29, 1.82) is 0 Å². The van der Waals surface area contributed by atoms with Crippen LogP contribution in [0.3, 0.4) is 0 Å². The van der Waals surface area contributed by atoms with E-state index in [9.17, 15) is 4.55 Å². The number of rotatable bonds is 7. The van der Waals surface area contributed by atoms with Gasteiger partial charge >= 0.3 is 0 Å². The lowest BCUT2D eigenvalue weighted by Gasteiger charge is -2.28. The predicted molar refractivity (Wildman–Crippen MR) is 127 cm³/mol. The van der Waals surface area contributed by atoms with Crippen LogP contribution in [-0.4, -0.2) is 46.4 Å². The van der Waals surface area contributed by atoms with Crippen molar-refractivity contribution in [2.75, 3.05) is 31.5 Å². The summed E-state index contributed by atoms with van der Waals surface area (Å²) in [4.78, 5) is 2.86. The van der Waals surface area contributed by atoms with Gasteiger partial charge in [-0.05, 0) is 83.3 Å². The molecule has 0 N–H and O–H groups in total. The summed E-state index contributed by atoms with van der Waals surface area (Å²) >= 11 is 11.6. The summed E-state index contributed by atoms with van der Waals surface area (Å²) in [6.45, 7) is 6.27. The van der Waals surface area contributed by atoms with Crippen LogP contribution < -0.4 is 4.31 Å². The monoisotopic (exact) mass is 470 g/mol. The first-order chi connectivity index (χ1) is 14.2. The van der Waals surface area contributed by atoms with Gasteiger partial charge in [0.2, 0.25) is 4.90 Å². The van der Waals surface area contributed by atoms with E-state index in [4.69, 9.17) is 23.2 Å². The zero-order valence-corrected chi connectivity index (χ0v) is 20.9. The molecular formula is C22H32Cl2N4OS. The lowest BCUT2D eigenvalue weighted by molar-refractivity contribution is 0.210. The first kappa shape index (κ1) is 23.7. The quantitative estimate of drug-likeness (QED) is 0.523. The number of halogens is 2. The molecule has 0 aliphatic carbocycles. The van der Waals surface area contributed by atoms with Crippen molar-refractivity contribution in [3.05, 3.63) is 39.1 Å². The van der Waals surface area contributed by atoms with Gasteiger partial charge in [-0.2, -0.15) is 9.40 Å². The Morgan fingerprint density at radius 2 is 1.77 bits per heavy atom. The van der Waals surface area contributed by atoms with E-state index in [1.165, 1.54) is 32.4 Å². The molecular weight excluding hydrogens is 439 g/mol. The molecule has 0 radical (unpaired) electrons. The van der Waals surface area contributed by atoms with Gasteiger partial charge in [-0.15, -0.1) is 0 Å². The Morgan fingerprint density at radius 3 is 2.30 bits per heavy atom. The molecule has 3 rings (SSSR count). The molecule has 0 saturated carbocycles. The van der Waals surface area contributed by atoms with Gasteiger partial charge in [-0.3, -0.25) is 4.68 Å². The Labute approximate surface area is 193 Å². The van der Waals surface area contributed by atoms with Crippen LogP contribution in [0.15, 0.2) is 17.0 Å². The fourth-order valence-electron chi connectivity index (χ4n) is 4.31. The molecule has 1 aliphatic rings.